The Morgan fingerprint density at radius 2 is 1.68 bits per heavy atom. The van der Waals surface area contributed by atoms with Crippen molar-refractivity contribution in [3.63, 3.8) is 0 Å². The number of ether oxygens (including phenoxy) is 2. The molecule has 156 valence electrons. The Hall–Kier alpha value is -3.99. The second-order valence-corrected chi connectivity index (χ2v) is 7.31. The van der Waals surface area contributed by atoms with Gasteiger partial charge in [-0.25, -0.2) is 0 Å². The summed E-state index contributed by atoms with van der Waals surface area (Å²) in [6.07, 6.45) is 0. The SMILES string of the molecule is COc1cccc(-c2ccc3cc(O)ccc3c2Oc2ccc(C(C)C(=O)O)cc2)c1. The van der Waals surface area contributed by atoms with Crippen molar-refractivity contribution in [3.8, 4) is 34.1 Å². The number of carbonyl (C=O) groups is 1. The molecular formula is C26H22O5. The van der Waals surface area contributed by atoms with Crippen molar-refractivity contribution in [1.82, 2.24) is 0 Å². The van der Waals surface area contributed by atoms with E-state index in [4.69, 9.17) is 9.47 Å². The Morgan fingerprint density at radius 3 is 2.39 bits per heavy atom. The molecule has 1 atom stereocenters. The molecule has 5 nitrogen and oxygen atoms in total. The van der Waals surface area contributed by atoms with Gasteiger partial charge in [0.1, 0.15) is 23.0 Å². The van der Waals surface area contributed by atoms with Crippen molar-refractivity contribution in [3.05, 3.63) is 84.4 Å². The first-order valence-corrected chi connectivity index (χ1v) is 9.87. The summed E-state index contributed by atoms with van der Waals surface area (Å²) >= 11 is 0. The third-order valence-electron chi connectivity index (χ3n) is 5.31. The lowest BCUT2D eigenvalue weighted by Crippen LogP contribution is -2.06. The fourth-order valence-corrected chi connectivity index (χ4v) is 3.50. The average Bonchev–Trinajstić information content (AvgIpc) is 2.79. The molecule has 4 aromatic carbocycles. The molecule has 0 saturated heterocycles. The number of carboxylic acid groups (broad SMARTS) is 1. The number of carboxylic acids is 1. The number of fused-ring (bicyclic) bond motifs is 1. The van der Waals surface area contributed by atoms with E-state index in [2.05, 4.69) is 0 Å². The fraction of sp³-hybridized carbons (Fsp3) is 0.115. The zero-order valence-electron chi connectivity index (χ0n) is 17.2. The molecule has 4 aromatic rings. The molecule has 0 aliphatic carbocycles. The molecule has 0 spiro atoms. The number of rotatable bonds is 6. The molecule has 4 rings (SSSR count). The quantitative estimate of drug-likeness (QED) is 0.393. The van der Waals surface area contributed by atoms with Crippen molar-refractivity contribution in [1.29, 1.82) is 0 Å². The molecule has 0 heterocycles. The van der Waals surface area contributed by atoms with E-state index in [1.165, 1.54) is 0 Å². The Morgan fingerprint density at radius 1 is 0.903 bits per heavy atom. The van der Waals surface area contributed by atoms with Gasteiger partial charge in [-0.3, -0.25) is 4.79 Å². The number of aliphatic carboxylic acids is 1. The van der Waals surface area contributed by atoms with Gasteiger partial charge in [-0.05, 0) is 72.0 Å². The maximum atomic E-state index is 11.2. The first-order chi connectivity index (χ1) is 15.0. The maximum absolute atomic E-state index is 11.2. The van der Waals surface area contributed by atoms with E-state index in [1.54, 1.807) is 50.4 Å². The van der Waals surface area contributed by atoms with E-state index < -0.39 is 11.9 Å². The highest BCUT2D eigenvalue weighted by Crippen LogP contribution is 2.41. The molecule has 31 heavy (non-hydrogen) atoms. The molecule has 5 heteroatoms. The van der Waals surface area contributed by atoms with Gasteiger partial charge in [0.25, 0.3) is 0 Å². The number of aromatic hydroxyl groups is 1. The Labute approximate surface area is 180 Å². The van der Waals surface area contributed by atoms with E-state index in [0.29, 0.717) is 17.1 Å². The molecule has 2 N–H and O–H groups in total. The first kappa shape index (κ1) is 20.3. The zero-order chi connectivity index (χ0) is 22.0. The summed E-state index contributed by atoms with van der Waals surface area (Å²) in [5.74, 6) is 0.682. The van der Waals surface area contributed by atoms with Gasteiger partial charge in [-0.1, -0.05) is 30.3 Å². The normalized spacial score (nSPS) is 11.8. The standard InChI is InChI=1S/C26H22O5/c1-16(26(28)29)17-6-10-21(11-7-17)31-25-23(18-4-3-5-22(15-18)30-2)12-8-19-14-20(27)9-13-24(19)25/h3-16,27H,1-2H3,(H,28,29). The summed E-state index contributed by atoms with van der Waals surface area (Å²) in [6.45, 7) is 1.65. The Balaban J connectivity index is 1.81. The summed E-state index contributed by atoms with van der Waals surface area (Å²) in [7, 11) is 1.62. The lowest BCUT2D eigenvalue weighted by atomic mass is 9.99. The van der Waals surface area contributed by atoms with Crippen LogP contribution in [0, 0.1) is 0 Å². The van der Waals surface area contributed by atoms with Crippen LogP contribution in [-0.2, 0) is 4.79 Å². The van der Waals surface area contributed by atoms with E-state index in [-0.39, 0.29) is 5.75 Å². The Kier molecular flexibility index (Phi) is 5.50. The molecule has 0 aliphatic heterocycles. The van der Waals surface area contributed by atoms with Crippen LogP contribution >= 0.6 is 0 Å². The molecule has 0 radical (unpaired) electrons. The maximum Gasteiger partial charge on any atom is 0.310 e. The van der Waals surface area contributed by atoms with Crippen molar-refractivity contribution in [2.75, 3.05) is 7.11 Å². The number of hydrogen-bond acceptors (Lipinski definition) is 4. The van der Waals surface area contributed by atoms with Gasteiger partial charge in [0.15, 0.2) is 0 Å². The largest absolute Gasteiger partial charge is 0.508 e. The van der Waals surface area contributed by atoms with Crippen molar-refractivity contribution < 1.29 is 24.5 Å². The number of hydrogen-bond donors (Lipinski definition) is 2. The van der Waals surface area contributed by atoms with Crippen molar-refractivity contribution >= 4 is 16.7 Å². The van der Waals surface area contributed by atoms with Gasteiger partial charge in [-0.2, -0.15) is 0 Å². The van der Waals surface area contributed by atoms with Crippen LogP contribution in [0.4, 0.5) is 0 Å². The van der Waals surface area contributed by atoms with Gasteiger partial charge in [0.05, 0.1) is 13.0 Å². The minimum Gasteiger partial charge on any atom is -0.508 e. The van der Waals surface area contributed by atoms with Crippen LogP contribution in [0.1, 0.15) is 18.4 Å². The second-order valence-electron chi connectivity index (χ2n) is 7.31. The molecule has 0 fully saturated rings. The molecule has 0 amide bonds. The summed E-state index contributed by atoms with van der Waals surface area (Å²) in [4.78, 5) is 11.2. The van der Waals surface area contributed by atoms with Crippen LogP contribution < -0.4 is 9.47 Å². The third-order valence-corrected chi connectivity index (χ3v) is 5.31. The van der Waals surface area contributed by atoms with Gasteiger partial charge in [-0.15, -0.1) is 0 Å². The summed E-state index contributed by atoms with van der Waals surface area (Å²) in [5.41, 5.74) is 2.51. The molecule has 0 saturated carbocycles. The van der Waals surface area contributed by atoms with Crippen LogP contribution in [0.3, 0.4) is 0 Å². The predicted octanol–water partition coefficient (Wildman–Crippen LogP) is 6.20. The van der Waals surface area contributed by atoms with Crippen molar-refractivity contribution in [2.45, 2.75) is 12.8 Å². The predicted molar refractivity (Wildman–Crippen MR) is 120 cm³/mol. The van der Waals surface area contributed by atoms with Crippen molar-refractivity contribution in [2.24, 2.45) is 0 Å². The van der Waals surface area contributed by atoms with Crippen LogP contribution in [-0.4, -0.2) is 23.3 Å². The number of benzene rings is 4. The number of phenols is 1. The first-order valence-electron chi connectivity index (χ1n) is 9.87. The van der Waals surface area contributed by atoms with Gasteiger partial charge >= 0.3 is 5.97 Å². The van der Waals surface area contributed by atoms with E-state index in [0.717, 1.165) is 27.6 Å². The minimum absolute atomic E-state index is 0.180. The average molecular weight is 414 g/mol. The zero-order valence-corrected chi connectivity index (χ0v) is 17.2. The number of methoxy groups -OCH3 is 1. The third kappa shape index (κ3) is 4.16. The lowest BCUT2D eigenvalue weighted by molar-refractivity contribution is -0.138. The van der Waals surface area contributed by atoms with Gasteiger partial charge in [0, 0.05) is 10.9 Å². The summed E-state index contributed by atoms with van der Waals surface area (Å²) in [5, 5.41) is 20.8. The smallest absolute Gasteiger partial charge is 0.310 e. The summed E-state index contributed by atoms with van der Waals surface area (Å²) in [6, 6.07) is 23.8. The van der Waals surface area contributed by atoms with Gasteiger partial charge < -0.3 is 19.7 Å². The fourth-order valence-electron chi connectivity index (χ4n) is 3.50. The molecular weight excluding hydrogens is 392 g/mol. The highest BCUT2D eigenvalue weighted by molar-refractivity contribution is 5.96. The monoisotopic (exact) mass is 414 g/mol. The topological polar surface area (TPSA) is 76.0 Å². The van der Waals surface area contributed by atoms with Crippen LogP contribution in [0.5, 0.6) is 23.0 Å². The van der Waals surface area contributed by atoms with Gasteiger partial charge in [0.2, 0.25) is 0 Å². The lowest BCUT2D eigenvalue weighted by Gasteiger charge is -2.16. The summed E-state index contributed by atoms with van der Waals surface area (Å²) < 4.78 is 11.7. The van der Waals surface area contributed by atoms with Crippen LogP contribution in [0.25, 0.3) is 21.9 Å². The highest BCUT2D eigenvalue weighted by atomic mass is 16.5. The van der Waals surface area contributed by atoms with E-state index in [9.17, 15) is 15.0 Å². The van der Waals surface area contributed by atoms with Crippen LogP contribution in [0.15, 0.2) is 78.9 Å². The number of phenolic OH excluding ortho intramolecular Hbond substituents is 1. The minimum atomic E-state index is -0.872. The highest BCUT2D eigenvalue weighted by Gasteiger charge is 2.16. The van der Waals surface area contributed by atoms with Crippen LogP contribution in [0.2, 0.25) is 0 Å². The molecule has 1 unspecified atom stereocenters. The molecule has 0 aliphatic rings. The van der Waals surface area contributed by atoms with E-state index in [1.807, 2.05) is 42.5 Å². The molecule has 0 aromatic heterocycles. The van der Waals surface area contributed by atoms with E-state index >= 15 is 0 Å². The second kappa shape index (κ2) is 8.40. The Bertz CT molecular complexity index is 1240. The molecule has 0 bridgehead atoms.